The molecule has 0 amide bonds. The Kier molecular flexibility index (Phi) is 3.23. The molecular weight excluding hydrogens is 257 g/mol. The molecule has 1 aromatic carbocycles. The predicted molar refractivity (Wildman–Crippen MR) is 56.4 cm³/mol. The molecule has 0 unspecified atom stereocenters. The molecule has 2 rings (SSSR count). The average Bonchev–Trinajstić information content (AvgIpc) is 2.63. The zero-order chi connectivity index (χ0) is 12.6. The Balaban J connectivity index is 2.27. The highest BCUT2D eigenvalue weighted by molar-refractivity contribution is 6.30. The van der Waals surface area contributed by atoms with Crippen LogP contribution in [0.5, 0.6) is 5.75 Å². The SMILES string of the molecule is O[C@@H](Cc1cc(Cl)cc2c1OCC2)C(F)(F)F. The summed E-state index contributed by atoms with van der Waals surface area (Å²) in [5, 5.41) is 9.40. The summed E-state index contributed by atoms with van der Waals surface area (Å²) < 4.78 is 42.1. The minimum absolute atomic E-state index is 0.301. The Morgan fingerprint density at radius 1 is 1.41 bits per heavy atom. The van der Waals surface area contributed by atoms with Crippen LogP contribution in [0.25, 0.3) is 0 Å². The van der Waals surface area contributed by atoms with E-state index in [-0.39, 0.29) is 0 Å². The fourth-order valence-corrected chi connectivity index (χ4v) is 2.09. The smallest absolute Gasteiger partial charge is 0.414 e. The van der Waals surface area contributed by atoms with Crippen LogP contribution in [-0.2, 0) is 12.8 Å². The van der Waals surface area contributed by atoms with Crippen LogP contribution in [0.15, 0.2) is 12.1 Å². The number of rotatable bonds is 2. The average molecular weight is 267 g/mol. The second-order valence-electron chi connectivity index (χ2n) is 3.91. The van der Waals surface area contributed by atoms with E-state index in [1.54, 1.807) is 6.07 Å². The fourth-order valence-electron chi connectivity index (χ4n) is 1.82. The first-order chi connectivity index (χ1) is 7.88. The van der Waals surface area contributed by atoms with E-state index in [0.29, 0.717) is 29.4 Å². The maximum Gasteiger partial charge on any atom is 0.414 e. The molecular formula is C11H10ClF3O2. The normalized spacial score (nSPS) is 16.5. The summed E-state index contributed by atoms with van der Waals surface area (Å²) in [5.74, 6) is 0.428. The fraction of sp³-hybridized carbons (Fsp3) is 0.455. The third kappa shape index (κ3) is 2.66. The summed E-state index contributed by atoms with van der Waals surface area (Å²) in [6.45, 7) is 0.435. The number of hydrogen-bond donors (Lipinski definition) is 1. The van der Waals surface area contributed by atoms with Gasteiger partial charge < -0.3 is 9.84 Å². The molecule has 1 aliphatic heterocycles. The van der Waals surface area contributed by atoms with Crippen LogP contribution >= 0.6 is 11.6 Å². The predicted octanol–water partition coefficient (Wildman–Crippen LogP) is 2.74. The van der Waals surface area contributed by atoms with Gasteiger partial charge in [-0.2, -0.15) is 13.2 Å². The highest BCUT2D eigenvalue weighted by atomic mass is 35.5. The molecule has 0 aromatic heterocycles. The number of ether oxygens (including phenoxy) is 1. The number of alkyl halides is 3. The lowest BCUT2D eigenvalue weighted by Crippen LogP contribution is -2.30. The summed E-state index contributed by atoms with van der Waals surface area (Å²) in [6, 6.07) is 3.08. The topological polar surface area (TPSA) is 29.5 Å². The second-order valence-corrected chi connectivity index (χ2v) is 4.35. The van der Waals surface area contributed by atoms with Gasteiger partial charge in [0.05, 0.1) is 6.61 Å². The quantitative estimate of drug-likeness (QED) is 0.892. The largest absolute Gasteiger partial charge is 0.493 e. The standard InChI is InChI=1S/C11H10ClF3O2/c12-8-3-6-1-2-17-10(6)7(4-8)5-9(16)11(13,14)15/h3-4,9,16H,1-2,5H2/t9-/m0/s1. The van der Waals surface area contributed by atoms with E-state index < -0.39 is 18.7 Å². The lowest BCUT2D eigenvalue weighted by Gasteiger charge is -2.16. The summed E-state index contributed by atoms with van der Waals surface area (Å²) in [5.41, 5.74) is 1.09. The van der Waals surface area contributed by atoms with Crippen LogP contribution in [0.1, 0.15) is 11.1 Å². The highest BCUT2D eigenvalue weighted by Crippen LogP contribution is 2.35. The zero-order valence-electron chi connectivity index (χ0n) is 8.72. The van der Waals surface area contributed by atoms with Gasteiger partial charge in [-0.05, 0) is 23.3 Å². The van der Waals surface area contributed by atoms with Crippen molar-refractivity contribution in [3.8, 4) is 5.75 Å². The molecule has 0 aliphatic carbocycles. The first-order valence-electron chi connectivity index (χ1n) is 5.07. The third-order valence-corrected chi connectivity index (χ3v) is 2.83. The molecule has 1 aliphatic rings. The van der Waals surface area contributed by atoms with Gasteiger partial charge in [-0.25, -0.2) is 0 Å². The van der Waals surface area contributed by atoms with Gasteiger partial charge in [-0.15, -0.1) is 0 Å². The van der Waals surface area contributed by atoms with E-state index in [2.05, 4.69) is 0 Å². The van der Waals surface area contributed by atoms with Crippen molar-refractivity contribution in [3.63, 3.8) is 0 Å². The molecule has 0 bridgehead atoms. The number of benzene rings is 1. The highest BCUT2D eigenvalue weighted by Gasteiger charge is 2.39. The van der Waals surface area contributed by atoms with Crippen LogP contribution in [-0.4, -0.2) is 24.0 Å². The van der Waals surface area contributed by atoms with E-state index in [9.17, 15) is 13.2 Å². The maximum atomic E-state index is 12.3. The molecule has 2 nitrogen and oxygen atoms in total. The Morgan fingerprint density at radius 2 is 2.12 bits per heavy atom. The monoisotopic (exact) mass is 266 g/mol. The first kappa shape index (κ1) is 12.5. The van der Waals surface area contributed by atoms with Crippen molar-refractivity contribution >= 4 is 11.6 Å². The number of hydrogen-bond acceptors (Lipinski definition) is 2. The minimum atomic E-state index is -4.63. The maximum absolute atomic E-state index is 12.3. The molecule has 0 saturated heterocycles. The lowest BCUT2D eigenvalue weighted by molar-refractivity contribution is -0.203. The Morgan fingerprint density at radius 3 is 2.76 bits per heavy atom. The molecule has 1 heterocycles. The van der Waals surface area contributed by atoms with E-state index in [4.69, 9.17) is 21.4 Å². The molecule has 0 fully saturated rings. The van der Waals surface area contributed by atoms with Gasteiger partial charge in [-0.3, -0.25) is 0 Å². The molecule has 1 aromatic rings. The van der Waals surface area contributed by atoms with Crippen molar-refractivity contribution in [3.05, 3.63) is 28.3 Å². The second kappa shape index (κ2) is 4.38. The molecule has 0 radical (unpaired) electrons. The van der Waals surface area contributed by atoms with Crippen LogP contribution in [0.2, 0.25) is 5.02 Å². The van der Waals surface area contributed by atoms with Crippen LogP contribution in [0, 0.1) is 0 Å². The van der Waals surface area contributed by atoms with Gasteiger partial charge in [0.15, 0.2) is 6.10 Å². The van der Waals surface area contributed by atoms with E-state index in [1.165, 1.54) is 6.07 Å². The first-order valence-corrected chi connectivity index (χ1v) is 5.44. The summed E-state index contributed by atoms with van der Waals surface area (Å²) in [4.78, 5) is 0. The molecule has 6 heteroatoms. The van der Waals surface area contributed by atoms with Crippen molar-refractivity contribution in [2.75, 3.05) is 6.61 Å². The Bertz CT molecular complexity index is 431. The van der Waals surface area contributed by atoms with Crippen molar-refractivity contribution in [1.29, 1.82) is 0 Å². The zero-order valence-corrected chi connectivity index (χ0v) is 9.48. The van der Waals surface area contributed by atoms with Gasteiger partial charge >= 0.3 is 6.18 Å². The Labute approximate surface area is 101 Å². The summed E-state index contributed by atoms with van der Waals surface area (Å²) in [6.07, 6.45) is -6.93. The number of halogens is 4. The van der Waals surface area contributed by atoms with Gasteiger partial charge in [0.25, 0.3) is 0 Å². The van der Waals surface area contributed by atoms with Crippen molar-refractivity contribution in [2.24, 2.45) is 0 Å². The van der Waals surface area contributed by atoms with E-state index in [1.807, 2.05) is 0 Å². The number of fused-ring (bicyclic) bond motifs is 1. The number of aliphatic hydroxyl groups is 1. The summed E-state index contributed by atoms with van der Waals surface area (Å²) >= 11 is 5.81. The molecule has 0 spiro atoms. The van der Waals surface area contributed by atoms with Crippen LogP contribution in [0.4, 0.5) is 13.2 Å². The van der Waals surface area contributed by atoms with Crippen LogP contribution < -0.4 is 4.74 Å². The van der Waals surface area contributed by atoms with Crippen molar-refractivity contribution < 1.29 is 23.0 Å². The van der Waals surface area contributed by atoms with Gasteiger partial charge in [0.1, 0.15) is 5.75 Å². The molecule has 17 heavy (non-hydrogen) atoms. The van der Waals surface area contributed by atoms with Gasteiger partial charge in [0.2, 0.25) is 0 Å². The summed E-state index contributed by atoms with van der Waals surface area (Å²) in [7, 11) is 0. The molecule has 1 atom stereocenters. The lowest BCUT2D eigenvalue weighted by atomic mass is 10.0. The van der Waals surface area contributed by atoms with Crippen molar-refractivity contribution in [1.82, 2.24) is 0 Å². The van der Waals surface area contributed by atoms with Crippen LogP contribution in [0.3, 0.4) is 0 Å². The number of aliphatic hydroxyl groups excluding tert-OH is 1. The third-order valence-electron chi connectivity index (χ3n) is 2.62. The molecule has 94 valence electrons. The minimum Gasteiger partial charge on any atom is -0.493 e. The van der Waals surface area contributed by atoms with E-state index in [0.717, 1.165) is 5.56 Å². The van der Waals surface area contributed by atoms with Gasteiger partial charge in [-0.1, -0.05) is 11.6 Å². The molecule has 0 saturated carbocycles. The van der Waals surface area contributed by atoms with Crippen molar-refractivity contribution in [2.45, 2.75) is 25.1 Å². The Hall–Kier alpha value is -0.940. The van der Waals surface area contributed by atoms with E-state index >= 15 is 0 Å². The van der Waals surface area contributed by atoms with Gasteiger partial charge in [0, 0.05) is 17.9 Å². The molecule has 1 N–H and O–H groups in total.